The van der Waals surface area contributed by atoms with Crippen LogP contribution in [0.2, 0.25) is 0 Å². The van der Waals surface area contributed by atoms with Crippen LogP contribution in [-0.2, 0) is 0 Å². The van der Waals surface area contributed by atoms with E-state index in [1.165, 1.54) is 0 Å². The zero-order chi connectivity index (χ0) is 16.4. The van der Waals surface area contributed by atoms with Gasteiger partial charge in [0, 0.05) is 0 Å². The van der Waals surface area contributed by atoms with E-state index in [-0.39, 0.29) is 5.43 Å². The van der Waals surface area contributed by atoms with Crippen molar-refractivity contribution in [3.63, 3.8) is 0 Å². The normalized spacial score (nSPS) is 10.6. The summed E-state index contributed by atoms with van der Waals surface area (Å²) in [5, 5.41) is 0.789. The van der Waals surface area contributed by atoms with E-state index in [0.29, 0.717) is 11.5 Å². The van der Waals surface area contributed by atoms with Crippen LogP contribution in [0.3, 0.4) is 0 Å². The Balaban J connectivity index is 2.18. The first-order chi connectivity index (χ1) is 11.2. The maximum absolute atomic E-state index is 12.4. The third-order valence-electron chi connectivity index (χ3n) is 3.60. The monoisotopic (exact) mass is 426 g/mol. The van der Waals surface area contributed by atoms with Crippen LogP contribution < -0.4 is 19.6 Å². The molecule has 5 heteroatoms. The van der Waals surface area contributed by atoms with Crippen molar-refractivity contribution < 1.29 is 14.2 Å². The third kappa shape index (κ3) is 3.08. The average Bonchev–Trinajstić information content (AvgIpc) is 2.60. The molecule has 0 atom stereocenters. The third-order valence-corrected chi connectivity index (χ3v) is 6.83. The van der Waals surface area contributed by atoms with Crippen LogP contribution in [0.15, 0.2) is 47.3 Å². The van der Waals surface area contributed by atoms with E-state index in [1.807, 2.05) is 36.4 Å². The van der Waals surface area contributed by atoms with Gasteiger partial charge in [-0.3, -0.25) is 0 Å². The summed E-state index contributed by atoms with van der Waals surface area (Å²) in [7, 11) is 4.86. The Morgan fingerprint density at radius 1 is 0.826 bits per heavy atom. The van der Waals surface area contributed by atoms with Crippen LogP contribution in [0.25, 0.3) is 17.9 Å². The van der Waals surface area contributed by atoms with E-state index in [0.717, 1.165) is 23.7 Å². The number of rotatable bonds is 4. The summed E-state index contributed by atoms with van der Waals surface area (Å²) in [5.41, 5.74) is 1.05. The van der Waals surface area contributed by atoms with Crippen LogP contribution in [0.1, 0.15) is 0 Å². The van der Waals surface area contributed by atoms with E-state index < -0.39 is 20.4 Å². The quantitative estimate of drug-likeness (QED) is 0.605. The minimum absolute atomic E-state index is 0.0452. The number of hydrogen-bond donors (Lipinski definition) is 0. The molecule has 23 heavy (non-hydrogen) atoms. The minimum atomic E-state index is -0.676. The maximum atomic E-state index is 12.4. The predicted octanol–water partition coefficient (Wildman–Crippen LogP) is 2.95. The van der Waals surface area contributed by atoms with E-state index in [1.54, 1.807) is 27.4 Å². The van der Waals surface area contributed by atoms with Gasteiger partial charge in [-0.25, -0.2) is 0 Å². The second-order valence-corrected chi connectivity index (χ2v) is 8.00. The van der Waals surface area contributed by atoms with Gasteiger partial charge in [-0.15, -0.1) is 0 Å². The van der Waals surface area contributed by atoms with Gasteiger partial charge in [-0.2, -0.15) is 0 Å². The van der Waals surface area contributed by atoms with Crippen LogP contribution >= 0.6 is 0 Å². The molecule has 0 bridgehead atoms. The molecule has 3 rings (SSSR count). The molecule has 0 N–H and O–H groups in total. The molecule has 118 valence electrons. The standard InChI is InChI=1S/C18H16O4Te/c1-20-12-5-6-13-14(19)10-17(23-18(13)9-12)11-4-7-15(21-2)16(8-11)22-3/h4-10H,1-3H3. The van der Waals surface area contributed by atoms with Crippen molar-refractivity contribution in [2.24, 2.45) is 0 Å². The Hall–Kier alpha value is -1.96. The van der Waals surface area contributed by atoms with E-state index in [9.17, 15) is 4.79 Å². The van der Waals surface area contributed by atoms with Gasteiger partial charge < -0.3 is 0 Å². The summed E-state index contributed by atoms with van der Waals surface area (Å²) >= 11 is -0.676. The topological polar surface area (TPSA) is 44.8 Å². The van der Waals surface area contributed by atoms with Gasteiger partial charge in [0.25, 0.3) is 0 Å². The molecule has 0 saturated carbocycles. The molecule has 0 radical (unpaired) electrons. The summed E-state index contributed by atoms with van der Waals surface area (Å²) < 4.78 is 18.1. The summed E-state index contributed by atoms with van der Waals surface area (Å²) in [6.45, 7) is 0. The average molecular weight is 424 g/mol. The number of methoxy groups -OCH3 is 3. The van der Waals surface area contributed by atoms with Crippen LogP contribution in [0, 0.1) is 0 Å². The zero-order valence-corrected chi connectivity index (χ0v) is 15.4. The van der Waals surface area contributed by atoms with Gasteiger partial charge in [-0.1, -0.05) is 0 Å². The van der Waals surface area contributed by atoms with E-state index >= 15 is 0 Å². The first-order valence-electron chi connectivity index (χ1n) is 7.00. The Bertz CT molecular complexity index is 915. The summed E-state index contributed by atoms with van der Waals surface area (Å²) in [5.74, 6) is 2.14. The molecule has 0 unspecified atom stereocenters. The van der Waals surface area contributed by atoms with Crippen molar-refractivity contribution in [1.29, 1.82) is 0 Å². The molecular formula is C18H16O4Te. The summed E-state index contributed by atoms with van der Waals surface area (Å²) in [6, 6.07) is 13.2. The molecule has 0 amide bonds. The van der Waals surface area contributed by atoms with Crippen LogP contribution in [0.4, 0.5) is 0 Å². The molecule has 0 fully saturated rings. The Morgan fingerprint density at radius 3 is 2.30 bits per heavy atom. The fourth-order valence-electron chi connectivity index (χ4n) is 2.39. The molecule has 0 aliphatic carbocycles. The molecule has 0 aliphatic rings. The molecule has 0 aliphatic heterocycles. The number of hydrogen-bond acceptors (Lipinski definition) is 4. The van der Waals surface area contributed by atoms with Crippen molar-refractivity contribution in [2.75, 3.05) is 21.3 Å². The van der Waals surface area contributed by atoms with Crippen molar-refractivity contribution in [3.8, 4) is 26.4 Å². The van der Waals surface area contributed by atoms with Crippen LogP contribution in [0.5, 0.6) is 17.2 Å². The van der Waals surface area contributed by atoms with Gasteiger partial charge in [0.2, 0.25) is 0 Å². The predicted molar refractivity (Wildman–Crippen MR) is 92.3 cm³/mol. The Morgan fingerprint density at radius 2 is 1.61 bits per heavy atom. The second-order valence-electron chi connectivity index (χ2n) is 4.91. The van der Waals surface area contributed by atoms with Crippen molar-refractivity contribution in [2.45, 2.75) is 0 Å². The molecule has 4 nitrogen and oxygen atoms in total. The molecule has 3 aromatic rings. The van der Waals surface area contributed by atoms with Gasteiger partial charge in [0.1, 0.15) is 0 Å². The molecule has 0 spiro atoms. The van der Waals surface area contributed by atoms with Gasteiger partial charge in [-0.05, 0) is 0 Å². The molecule has 0 saturated heterocycles. The SMILES string of the molecule is COc1ccc2c(=O)cc(-c3ccc(OC)c(OC)c3)[te]c2c1. The number of fused-ring (bicyclic) bond motifs is 1. The summed E-state index contributed by atoms with van der Waals surface area (Å²) in [4.78, 5) is 12.4. The van der Waals surface area contributed by atoms with Gasteiger partial charge in [0.15, 0.2) is 0 Å². The first kappa shape index (κ1) is 15.9. The van der Waals surface area contributed by atoms with Crippen molar-refractivity contribution in [1.82, 2.24) is 0 Å². The summed E-state index contributed by atoms with van der Waals surface area (Å²) in [6.07, 6.45) is 0. The number of ether oxygens (including phenoxy) is 3. The zero-order valence-electron chi connectivity index (χ0n) is 13.1. The van der Waals surface area contributed by atoms with Gasteiger partial charge in [0.05, 0.1) is 0 Å². The fraction of sp³-hybridized carbons (Fsp3) is 0.167. The molecular weight excluding hydrogens is 408 g/mol. The second kappa shape index (κ2) is 6.65. The van der Waals surface area contributed by atoms with Gasteiger partial charge >= 0.3 is 144 Å². The number of benzene rings is 2. The molecule has 2 aromatic carbocycles. The van der Waals surface area contributed by atoms with E-state index in [2.05, 4.69) is 0 Å². The van der Waals surface area contributed by atoms with E-state index in [4.69, 9.17) is 14.2 Å². The van der Waals surface area contributed by atoms with Crippen molar-refractivity contribution >= 4 is 29.2 Å². The molecule has 1 heterocycles. The van der Waals surface area contributed by atoms with Crippen molar-refractivity contribution in [3.05, 3.63) is 52.7 Å². The Kier molecular flexibility index (Phi) is 4.61. The molecule has 1 aromatic heterocycles. The Labute approximate surface area is 143 Å². The fourth-order valence-corrected chi connectivity index (χ4v) is 5.54. The van der Waals surface area contributed by atoms with Crippen LogP contribution in [-0.4, -0.2) is 41.8 Å². The first-order valence-corrected chi connectivity index (χ1v) is 9.33.